The quantitative estimate of drug-likeness (QED) is 0.625. The van der Waals surface area contributed by atoms with Crippen LogP contribution < -0.4 is 5.32 Å². The Morgan fingerprint density at radius 2 is 1.90 bits per heavy atom. The standard InChI is InChI=1S/C15H16N2O3/c18-15(13-6-2-1-3-7-13)11-16-10-12-5-4-8-14(9-12)17(19)20/h1-9,15-16,18H,10-11H2/t15-/m1/s1. The molecule has 2 rings (SSSR count). The highest BCUT2D eigenvalue weighted by molar-refractivity contribution is 5.34. The molecule has 2 N–H and O–H groups in total. The second-order valence-electron chi connectivity index (χ2n) is 4.48. The SMILES string of the molecule is O=[N+]([O-])c1cccc(CNC[C@@H](O)c2ccccc2)c1. The summed E-state index contributed by atoms with van der Waals surface area (Å²) in [6, 6.07) is 15.8. The molecule has 5 nitrogen and oxygen atoms in total. The van der Waals surface area contributed by atoms with Crippen LogP contribution in [0.5, 0.6) is 0 Å². The predicted octanol–water partition coefficient (Wildman–Crippen LogP) is 2.42. The third-order valence-electron chi connectivity index (χ3n) is 2.97. The van der Waals surface area contributed by atoms with Crippen molar-refractivity contribution >= 4 is 5.69 Å². The van der Waals surface area contributed by atoms with E-state index >= 15 is 0 Å². The molecule has 0 saturated carbocycles. The molecule has 2 aromatic carbocycles. The minimum Gasteiger partial charge on any atom is -0.387 e. The number of hydrogen-bond donors (Lipinski definition) is 2. The zero-order valence-electron chi connectivity index (χ0n) is 10.9. The van der Waals surface area contributed by atoms with Crippen molar-refractivity contribution in [1.82, 2.24) is 5.32 Å². The van der Waals surface area contributed by atoms with Crippen molar-refractivity contribution in [3.63, 3.8) is 0 Å². The van der Waals surface area contributed by atoms with Gasteiger partial charge in [-0.15, -0.1) is 0 Å². The van der Waals surface area contributed by atoms with Crippen molar-refractivity contribution in [2.75, 3.05) is 6.54 Å². The van der Waals surface area contributed by atoms with Gasteiger partial charge in [0.15, 0.2) is 0 Å². The van der Waals surface area contributed by atoms with Crippen LogP contribution in [0.1, 0.15) is 17.2 Å². The molecule has 0 spiro atoms. The average Bonchev–Trinajstić information content (AvgIpc) is 2.48. The van der Waals surface area contributed by atoms with Crippen LogP contribution in [-0.4, -0.2) is 16.6 Å². The second kappa shape index (κ2) is 6.79. The van der Waals surface area contributed by atoms with E-state index in [2.05, 4.69) is 5.32 Å². The number of nitro groups is 1. The Balaban J connectivity index is 1.87. The number of aliphatic hydroxyl groups is 1. The summed E-state index contributed by atoms with van der Waals surface area (Å²) in [5.74, 6) is 0. The maximum Gasteiger partial charge on any atom is 0.269 e. The van der Waals surface area contributed by atoms with Crippen LogP contribution >= 0.6 is 0 Å². The summed E-state index contributed by atoms with van der Waals surface area (Å²) in [4.78, 5) is 10.3. The van der Waals surface area contributed by atoms with Crippen molar-refractivity contribution in [3.8, 4) is 0 Å². The number of rotatable bonds is 6. The summed E-state index contributed by atoms with van der Waals surface area (Å²) < 4.78 is 0. The summed E-state index contributed by atoms with van der Waals surface area (Å²) in [7, 11) is 0. The van der Waals surface area contributed by atoms with Gasteiger partial charge in [0.05, 0.1) is 11.0 Å². The zero-order chi connectivity index (χ0) is 14.4. The van der Waals surface area contributed by atoms with Gasteiger partial charge in [-0.25, -0.2) is 0 Å². The molecule has 0 aliphatic rings. The van der Waals surface area contributed by atoms with Crippen LogP contribution in [-0.2, 0) is 6.54 Å². The summed E-state index contributed by atoms with van der Waals surface area (Å²) in [6.45, 7) is 0.873. The summed E-state index contributed by atoms with van der Waals surface area (Å²) in [5.41, 5.74) is 1.74. The van der Waals surface area contributed by atoms with Crippen LogP contribution in [0.3, 0.4) is 0 Å². The smallest absolute Gasteiger partial charge is 0.269 e. The highest BCUT2D eigenvalue weighted by atomic mass is 16.6. The van der Waals surface area contributed by atoms with E-state index in [1.807, 2.05) is 36.4 Å². The number of aliphatic hydroxyl groups excluding tert-OH is 1. The lowest BCUT2D eigenvalue weighted by atomic mass is 10.1. The highest BCUT2D eigenvalue weighted by Gasteiger charge is 2.08. The molecule has 0 heterocycles. The average molecular weight is 272 g/mol. The van der Waals surface area contributed by atoms with Crippen molar-refractivity contribution < 1.29 is 10.0 Å². The highest BCUT2D eigenvalue weighted by Crippen LogP contribution is 2.14. The number of nitrogens with zero attached hydrogens (tertiary/aromatic N) is 1. The fourth-order valence-corrected chi connectivity index (χ4v) is 1.93. The molecule has 0 aromatic heterocycles. The first-order valence-electron chi connectivity index (χ1n) is 6.34. The first-order chi connectivity index (χ1) is 9.66. The van der Waals surface area contributed by atoms with Gasteiger partial charge in [-0.1, -0.05) is 42.5 Å². The Kier molecular flexibility index (Phi) is 4.81. The number of non-ortho nitro benzene ring substituents is 1. The summed E-state index contributed by atoms with van der Waals surface area (Å²) in [6.07, 6.45) is -0.588. The molecule has 2 aromatic rings. The van der Waals surface area contributed by atoms with Crippen molar-refractivity contribution in [2.24, 2.45) is 0 Å². The minimum absolute atomic E-state index is 0.0768. The van der Waals surface area contributed by atoms with Gasteiger partial charge >= 0.3 is 0 Å². The van der Waals surface area contributed by atoms with Gasteiger partial charge in [0, 0.05) is 25.2 Å². The van der Waals surface area contributed by atoms with E-state index in [0.717, 1.165) is 11.1 Å². The predicted molar refractivity (Wildman–Crippen MR) is 76.2 cm³/mol. The molecule has 0 saturated heterocycles. The molecule has 0 fully saturated rings. The Hall–Kier alpha value is -2.24. The number of nitrogens with one attached hydrogen (secondary N) is 1. The Labute approximate surface area is 117 Å². The first-order valence-corrected chi connectivity index (χ1v) is 6.34. The molecular formula is C15H16N2O3. The summed E-state index contributed by atoms with van der Waals surface area (Å²) in [5, 5.41) is 23.7. The molecule has 0 radical (unpaired) electrons. The molecular weight excluding hydrogens is 256 g/mol. The largest absolute Gasteiger partial charge is 0.387 e. The van der Waals surface area contributed by atoms with Crippen molar-refractivity contribution in [3.05, 3.63) is 75.8 Å². The van der Waals surface area contributed by atoms with Crippen LogP contribution in [0.2, 0.25) is 0 Å². The maximum absolute atomic E-state index is 10.7. The number of benzene rings is 2. The van der Waals surface area contributed by atoms with E-state index in [1.165, 1.54) is 12.1 Å². The molecule has 0 aliphatic carbocycles. The van der Waals surface area contributed by atoms with E-state index < -0.39 is 11.0 Å². The number of hydrogen-bond acceptors (Lipinski definition) is 4. The zero-order valence-corrected chi connectivity index (χ0v) is 10.9. The van der Waals surface area contributed by atoms with Gasteiger partial charge in [0.1, 0.15) is 0 Å². The van der Waals surface area contributed by atoms with E-state index in [-0.39, 0.29) is 5.69 Å². The molecule has 20 heavy (non-hydrogen) atoms. The fraction of sp³-hybridized carbons (Fsp3) is 0.200. The normalized spacial score (nSPS) is 12.1. The Morgan fingerprint density at radius 1 is 1.15 bits per heavy atom. The lowest BCUT2D eigenvalue weighted by molar-refractivity contribution is -0.384. The van der Waals surface area contributed by atoms with Crippen LogP contribution in [0, 0.1) is 10.1 Å². The van der Waals surface area contributed by atoms with Crippen LogP contribution in [0.4, 0.5) is 5.69 Å². The van der Waals surface area contributed by atoms with Gasteiger partial charge < -0.3 is 10.4 Å². The van der Waals surface area contributed by atoms with E-state index in [0.29, 0.717) is 13.1 Å². The Morgan fingerprint density at radius 3 is 2.60 bits per heavy atom. The number of nitro benzene ring substituents is 1. The van der Waals surface area contributed by atoms with Gasteiger partial charge in [0.2, 0.25) is 0 Å². The topological polar surface area (TPSA) is 75.4 Å². The van der Waals surface area contributed by atoms with Crippen molar-refractivity contribution in [1.29, 1.82) is 0 Å². The molecule has 0 aliphatic heterocycles. The molecule has 0 unspecified atom stereocenters. The maximum atomic E-state index is 10.7. The van der Waals surface area contributed by atoms with E-state index in [9.17, 15) is 15.2 Å². The van der Waals surface area contributed by atoms with Gasteiger partial charge in [0.25, 0.3) is 5.69 Å². The summed E-state index contributed by atoms with van der Waals surface area (Å²) >= 11 is 0. The fourth-order valence-electron chi connectivity index (χ4n) is 1.93. The Bertz CT molecular complexity index is 572. The monoisotopic (exact) mass is 272 g/mol. The van der Waals surface area contributed by atoms with Crippen LogP contribution in [0.25, 0.3) is 0 Å². The first kappa shape index (κ1) is 14.2. The molecule has 0 amide bonds. The molecule has 104 valence electrons. The third kappa shape index (κ3) is 3.88. The van der Waals surface area contributed by atoms with Crippen molar-refractivity contribution in [2.45, 2.75) is 12.6 Å². The van der Waals surface area contributed by atoms with Gasteiger partial charge in [-0.3, -0.25) is 10.1 Å². The lowest BCUT2D eigenvalue weighted by Crippen LogP contribution is -2.21. The second-order valence-corrected chi connectivity index (χ2v) is 4.48. The minimum atomic E-state index is -0.588. The van der Waals surface area contributed by atoms with Gasteiger partial charge in [-0.05, 0) is 11.1 Å². The molecule has 5 heteroatoms. The van der Waals surface area contributed by atoms with E-state index in [4.69, 9.17) is 0 Å². The lowest BCUT2D eigenvalue weighted by Gasteiger charge is -2.12. The molecule has 0 bridgehead atoms. The van der Waals surface area contributed by atoms with Gasteiger partial charge in [-0.2, -0.15) is 0 Å². The third-order valence-corrected chi connectivity index (χ3v) is 2.97. The molecule has 1 atom stereocenters. The van der Waals surface area contributed by atoms with E-state index in [1.54, 1.807) is 6.07 Å². The van der Waals surface area contributed by atoms with Crippen LogP contribution in [0.15, 0.2) is 54.6 Å².